The van der Waals surface area contributed by atoms with E-state index in [0.29, 0.717) is 10.8 Å². The molecule has 0 heterocycles. The zero-order valence-corrected chi connectivity index (χ0v) is 18.9. The largest absolute Gasteiger partial charge is 0.475 e. The maximum atomic E-state index is 11.8. The van der Waals surface area contributed by atoms with Gasteiger partial charge in [-0.25, -0.2) is 8.42 Å². The molecule has 3 unspecified atom stereocenters. The summed E-state index contributed by atoms with van der Waals surface area (Å²) in [5.41, 5.74) is 3.40. The predicted octanol–water partition coefficient (Wildman–Crippen LogP) is 3.39. The monoisotopic (exact) mass is 450 g/mol. The highest BCUT2D eigenvalue weighted by molar-refractivity contribution is 7.88. The number of aryl methyl sites for hydroxylation is 1. The van der Waals surface area contributed by atoms with Crippen LogP contribution in [0.2, 0.25) is 5.02 Å². The van der Waals surface area contributed by atoms with Crippen LogP contribution >= 0.6 is 11.6 Å². The van der Waals surface area contributed by atoms with Gasteiger partial charge in [-0.05, 0) is 67.1 Å². The van der Waals surface area contributed by atoms with Crippen LogP contribution in [0.4, 0.5) is 0 Å². The quantitative estimate of drug-likeness (QED) is 0.633. The number of ether oxygens (including phenoxy) is 1. The first-order valence-corrected chi connectivity index (χ1v) is 12.2. The molecule has 1 aliphatic carbocycles. The van der Waals surface area contributed by atoms with Gasteiger partial charge in [-0.3, -0.25) is 4.79 Å². The Hall–Kier alpha value is -2.09. The second kappa shape index (κ2) is 9.37. The number of nitrogens with one attached hydrogen (secondary N) is 2. The number of benzene rings is 2. The highest BCUT2D eigenvalue weighted by Gasteiger charge is 2.31. The van der Waals surface area contributed by atoms with Gasteiger partial charge in [-0.15, -0.1) is 0 Å². The Bertz CT molecular complexity index is 1030. The highest BCUT2D eigenvalue weighted by Crippen LogP contribution is 2.37. The number of hydrogen-bond donors (Lipinski definition) is 2. The van der Waals surface area contributed by atoms with E-state index in [9.17, 15) is 13.2 Å². The average Bonchev–Trinajstić information content (AvgIpc) is 2.62. The van der Waals surface area contributed by atoms with Crippen molar-refractivity contribution in [3.8, 4) is 5.75 Å². The molecule has 0 saturated carbocycles. The smallest absolute Gasteiger partial charge is 0.217 e. The second-order valence-electron chi connectivity index (χ2n) is 7.80. The number of rotatable bonds is 7. The lowest BCUT2D eigenvalue weighted by Crippen LogP contribution is -2.41. The third kappa shape index (κ3) is 6.20. The molecular formula is C22H27ClN2O4S. The van der Waals surface area contributed by atoms with E-state index in [1.165, 1.54) is 12.5 Å². The summed E-state index contributed by atoms with van der Waals surface area (Å²) in [6, 6.07) is 13.6. The molecule has 0 aromatic heterocycles. The fourth-order valence-corrected chi connectivity index (χ4v) is 4.95. The summed E-state index contributed by atoms with van der Waals surface area (Å²) < 4.78 is 31.1. The van der Waals surface area contributed by atoms with Crippen LogP contribution in [0.5, 0.6) is 5.75 Å². The van der Waals surface area contributed by atoms with Crippen LogP contribution in [0.25, 0.3) is 0 Å². The molecule has 0 radical (unpaired) electrons. The Balaban J connectivity index is 1.91. The molecule has 0 fully saturated rings. The number of fused-ring (bicyclic) bond motifs is 1. The topological polar surface area (TPSA) is 84.5 Å². The first-order valence-electron chi connectivity index (χ1n) is 9.89. The van der Waals surface area contributed by atoms with Crippen LogP contribution in [-0.4, -0.2) is 32.9 Å². The molecule has 8 heteroatoms. The Morgan fingerprint density at radius 2 is 2.03 bits per heavy atom. The summed E-state index contributed by atoms with van der Waals surface area (Å²) >= 11 is 6.17. The third-order valence-electron chi connectivity index (χ3n) is 5.15. The van der Waals surface area contributed by atoms with Crippen molar-refractivity contribution in [1.29, 1.82) is 0 Å². The zero-order chi connectivity index (χ0) is 21.9. The van der Waals surface area contributed by atoms with E-state index < -0.39 is 16.3 Å². The van der Waals surface area contributed by atoms with Gasteiger partial charge in [0.15, 0.2) is 6.23 Å². The van der Waals surface area contributed by atoms with E-state index in [-0.39, 0.29) is 17.9 Å². The number of carbonyl (C=O) groups is 1. The minimum atomic E-state index is -3.37. The third-order valence-corrected chi connectivity index (χ3v) is 6.15. The van der Waals surface area contributed by atoms with E-state index in [2.05, 4.69) is 10.0 Å². The van der Waals surface area contributed by atoms with Crippen molar-refractivity contribution in [1.82, 2.24) is 10.0 Å². The standard InChI is InChI=1S/C22H27ClN2O4S/c1-14(26)24-22-10-8-17-7-9-19(29-15(2)25-30(3,27)28)13-20(17)21(22)12-16-5-4-6-18(23)11-16/h4-7,9,11,13,15,21-22,25H,8,10,12H2,1-3H3,(H,24,26). The molecular weight excluding hydrogens is 424 g/mol. The summed E-state index contributed by atoms with van der Waals surface area (Å²) in [5.74, 6) is 0.577. The Labute approximate surface area is 183 Å². The van der Waals surface area contributed by atoms with Crippen LogP contribution in [0.1, 0.15) is 42.9 Å². The van der Waals surface area contributed by atoms with Gasteiger partial charge in [-0.1, -0.05) is 29.8 Å². The maximum Gasteiger partial charge on any atom is 0.217 e. The van der Waals surface area contributed by atoms with Crippen LogP contribution in [0.3, 0.4) is 0 Å². The molecule has 2 N–H and O–H groups in total. The maximum absolute atomic E-state index is 11.8. The van der Waals surface area contributed by atoms with Crippen molar-refractivity contribution in [2.45, 2.75) is 51.3 Å². The lowest BCUT2D eigenvalue weighted by Gasteiger charge is -2.34. The molecule has 0 aliphatic heterocycles. The van der Waals surface area contributed by atoms with E-state index in [4.69, 9.17) is 16.3 Å². The number of hydrogen-bond acceptors (Lipinski definition) is 4. The van der Waals surface area contributed by atoms with E-state index in [1.54, 1.807) is 6.92 Å². The summed E-state index contributed by atoms with van der Waals surface area (Å²) in [6.07, 6.45) is 2.82. The summed E-state index contributed by atoms with van der Waals surface area (Å²) in [4.78, 5) is 11.8. The molecule has 1 aliphatic rings. The van der Waals surface area contributed by atoms with E-state index in [0.717, 1.165) is 36.6 Å². The van der Waals surface area contributed by atoms with Gasteiger partial charge in [-0.2, -0.15) is 4.72 Å². The van der Waals surface area contributed by atoms with Gasteiger partial charge < -0.3 is 10.1 Å². The van der Waals surface area contributed by atoms with Crippen molar-refractivity contribution in [3.05, 3.63) is 64.2 Å². The summed E-state index contributed by atoms with van der Waals surface area (Å²) in [5, 5.41) is 3.77. The average molecular weight is 451 g/mol. The Morgan fingerprint density at radius 3 is 2.70 bits per heavy atom. The zero-order valence-electron chi connectivity index (χ0n) is 17.3. The molecule has 2 aromatic carbocycles. The fraction of sp³-hybridized carbons (Fsp3) is 0.409. The van der Waals surface area contributed by atoms with Gasteiger partial charge in [0.25, 0.3) is 0 Å². The van der Waals surface area contributed by atoms with Crippen molar-refractivity contribution < 1.29 is 17.9 Å². The molecule has 162 valence electrons. The molecule has 0 bridgehead atoms. The number of carbonyl (C=O) groups excluding carboxylic acids is 1. The van der Waals surface area contributed by atoms with Crippen LogP contribution in [0.15, 0.2) is 42.5 Å². The summed E-state index contributed by atoms with van der Waals surface area (Å²) in [7, 11) is -3.37. The van der Waals surface area contributed by atoms with Gasteiger partial charge >= 0.3 is 0 Å². The molecule has 3 atom stereocenters. The van der Waals surface area contributed by atoms with Gasteiger partial charge in [0.05, 0.1) is 6.26 Å². The minimum absolute atomic E-state index is 0.00389. The van der Waals surface area contributed by atoms with Gasteiger partial charge in [0, 0.05) is 23.9 Å². The second-order valence-corrected chi connectivity index (χ2v) is 10.0. The number of amides is 1. The van der Waals surface area contributed by atoms with Crippen molar-refractivity contribution in [3.63, 3.8) is 0 Å². The number of halogens is 1. The molecule has 1 amide bonds. The molecule has 0 spiro atoms. The summed E-state index contributed by atoms with van der Waals surface area (Å²) in [6.45, 7) is 3.17. The molecule has 3 rings (SSSR count). The van der Waals surface area contributed by atoms with Crippen LogP contribution in [-0.2, 0) is 27.7 Å². The lowest BCUT2D eigenvalue weighted by molar-refractivity contribution is -0.119. The lowest BCUT2D eigenvalue weighted by atomic mass is 9.76. The van der Waals surface area contributed by atoms with Crippen molar-refractivity contribution in [2.24, 2.45) is 0 Å². The Morgan fingerprint density at radius 1 is 1.27 bits per heavy atom. The molecule has 0 saturated heterocycles. The normalized spacial score (nSPS) is 19.6. The molecule has 30 heavy (non-hydrogen) atoms. The van der Waals surface area contributed by atoms with Crippen molar-refractivity contribution in [2.75, 3.05) is 6.26 Å². The van der Waals surface area contributed by atoms with Crippen LogP contribution < -0.4 is 14.8 Å². The van der Waals surface area contributed by atoms with E-state index >= 15 is 0 Å². The Kier molecular flexibility index (Phi) is 7.06. The SMILES string of the molecule is CC(=O)NC1CCc2ccc(OC(C)NS(C)(=O)=O)cc2C1Cc1cccc(Cl)c1. The first kappa shape index (κ1) is 22.6. The molecule has 2 aromatic rings. The fourth-order valence-electron chi connectivity index (χ4n) is 4.08. The van der Waals surface area contributed by atoms with Gasteiger partial charge in [0.1, 0.15) is 5.75 Å². The molecule has 6 nitrogen and oxygen atoms in total. The van der Waals surface area contributed by atoms with Gasteiger partial charge in [0.2, 0.25) is 15.9 Å². The van der Waals surface area contributed by atoms with Crippen molar-refractivity contribution >= 4 is 27.5 Å². The number of sulfonamides is 1. The van der Waals surface area contributed by atoms with Crippen LogP contribution in [0, 0.1) is 0 Å². The minimum Gasteiger partial charge on any atom is -0.475 e. The first-order chi connectivity index (χ1) is 14.1. The highest BCUT2D eigenvalue weighted by atomic mass is 35.5. The predicted molar refractivity (Wildman–Crippen MR) is 118 cm³/mol. The van der Waals surface area contributed by atoms with E-state index in [1.807, 2.05) is 42.5 Å².